The third-order valence-electron chi connectivity index (χ3n) is 2.87. The molecule has 21 heavy (non-hydrogen) atoms. The molecule has 0 bridgehead atoms. The van der Waals surface area contributed by atoms with Gasteiger partial charge in [0.2, 0.25) is 5.43 Å². The molecule has 101 valence electrons. The fourth-order valence-electron chi connectivity index (χ4n) is 1.94. The molecule has 0 amide bonds. The number of aromatic carboxylic acids is 1. The molecule has 0 aliphatic heterocycles. The Kier molecular flexibility index (Phi) is 4.25. The van der Waals surface area contributed by atoms with Crippen LogP contribution in [-0.2, 0) is 0 Å². The number of hydrogen-bond acceptors (Lipinski definition) is 5. The number of hydrogen-bond donors (Lipinski definition) is 2. The summed E-state index contributed by atoms with van der Waals surface area (Å²) >= 11 is 5.84. The molecular weight excluding hydrogens is 307 g/mol. The van der Waals surface area contributed by atoms with Gasteiger partial charge in [-0.3, -0.25) is 4.79 Å². The molecule has 2 heterocycles. The van der Waals surface area contributed by atoms with Crippen LogP contribution in [0.4, 0.5) is 5.82 Å². The number of nitrogen functional groups attached to an aromatic ring is 1. The minimum Gasteiger partial charge on any atom is -0.478 e. The van der Waals surface area contributed by atoms with E-state index in [4.69, 9.17) is 26.9 Å². The smallest absolute Gasteiger partial charge is 0.339 e. The van der Waals surface area contributed by atoms with Gasteiger partial charge in [0, 0.05) is 40.6 Å². The summed E-state index contributed by atoms with van der Waals surface area (Å²) < 4.78 is 5.49. The SMILES string of the molecule is Nc1nc2c(=O)c3cc(Cl)ccc3oc2cc1C(=O)O.[Na]. The molecule has 8 heteroatoms. The second-order valence-corrected chi connectivity index (χ2v) is 4.58. The summed E-state index contributed by atoms with van der Waals surface area (Å²) in [7, 11) is 0. The number of aromatic nitrogens is 1. The number of fused-ring (bicyclic) bond motifs is 2. The Hall–Kier alpha value is -1.60. The van der Waals surface area contributed by atoms with Gasteiger partial charge in [-0.05, 0) is 18.2 Å². The van der Waals surface area contributed by atoms with E-state index in [0.717, 1.165) is 0 Å². The molecule has 0 saturated heterocycles. The van der Waals surface area contributed by atoms with Crippen molar-refractivity contribution in [2.24, 2.45) is 0 Å². The van der Waals surface area contributed by atoms with Crippen LogP contribution in [-0.4, -0.2) is 45.6 Å². The molecule has 6 nitrogen and oxygen atoms in total. The molecule has 0 saturated carbocycles. The van der Waals surface area contributed by atoms with Crippen LogP contribution in [0.5, 0.6) is 0 Å². The van der Waals surface area contributed by atoms with E-state index in [2.05, 4.69) is 4.98 Å². The molecule has 0 aliphatic rings. The number of nitrogens with two attached hydrogens (primary N) is 1. The third-order valence-corrected chi connectivity index (χ3v) is 3.10. The Morgan fingerprint density at radius 3 is 2.67 bits per heavy atom. The number of nitrogens with zero attached hydrogens (tertiary/aromatic N) is 1. The summed E-state index contributed by atoms with van der Waals surface area (Å²) in [6.45, 7) is 0. The predicted molar refractivity (Wildman–Crippen MR) is 79.9 cm³/mol. The molecule has 0 spiro atoms. The van der Waals surface area contributed by atoms with Crippen molar-refractivity contribution in [2.75, 3.05) is 5.73 Å². The van der Waals surface area contributed by atoms with Crippen molar-refractivity contribution in [3.8, 4) is 0 Å². The number of halogens is 1. The Bertz CT molecular complexity index is 939. The molecule has 0 atom stereocenters. The largest absolute Gasteiger partial charge is 0.478 e. The van der Waals surface area contributed by atoms with Crippen LogP contribution in [0.25, 0.3) is 22.1 Å². The first kappa shape index (κ1) is 15.8. The Labute approximate surface area is 144 Å². The molecule has 3 rings (SSSR count). The first-order valence-corrected chi connectivity index (χ1v) is 5.91. The van der Waals surface area contributed by atoms with Gasteiger partial charge < -0.3 is 15.3 Å². The van der Waals surface area contributed by atoms with Crippen LogP contribution in [0, 0.1) is 0 Å². The van der Waals surface area contributed by atoms with Gasteiger partial charge in [0.15, 0.2) is 11.1 Å². The number of carboxylic acid groups (broad SMARTS) is 1. The number of carboxylic acids is 1. The molecule has 1 aromatic carbocycles. The number of anilines is 1. The zero-order valence-electron chi connectivity index (χ0n) is 10.9. The van der Waals surface area contributed by atoms with Gasteiger partial charge in [0.05, 0.1) is 5.39 Å². The van der Waals surface area contributed by atoms with E-state index in [1.807, 2.05) is 0 Å². The van der Waals surface area contributed by atoms with Crippen LogP contribution in [0.1, 0.15) is 10.4 Å². The minimum absolute atomic E-state index is 0. The van der Waals surface area contributed by atoms with E-state index in [1.165, 1.54) is 18.2 Å². The Morgan fingerprint density at radius 2 is 2.00 bits per heavy atom. The maximum absolute atomic E-state index is 12.3. The van der Waals surface area contributed by atoms with Gasteiger partial charge >= 0.3 is 5.97 Å². The molecule has 0 aliphatic carbocycles. The van der Waals surface area contributed by atoms with Crippen molar-refractivity contribution in [3.63, 3.8) is 0 Å². The first-order chi connectivity index (χ1) is 9.47. The van der Waals surface area contributed by atoms with E-state index in [9.17, 15) is 9.59 Å². The van der Waals surface area contributed by atoms with Crippen LogP contribution in [0.2, 0.25) is 5.02 Å². The third kappa shape index (κ3) is 2.63. The first-order valence-electron chi connectivity index (χ1n) is 5.53. The summed E-state index contributed by atoms with van der Waals surface area (Å²) in [4.78, 5) is 27.1. The van der Waals surface area contributed by atoms with E-state index in [1.54, 1.807) is 6.07 Å². The predicted octanol–water partition coefficient (Wildman–Crippen LogP) is 1.89. The number of pyridine rings is 1. The quantitative estimate of drug-likeness (QED) is 0.525. The van der Waals surface area contributed by atoms with E-state index in [-0.39, 0.29) is 57.4 Å². The summed E-state index contributed by atoms with van der Waals surface area (Å²) in [6.07, 6.45) is 0. The fourth-order valence-corrected chi connectivity index (χ4v) is 2.11. The molecule has 1 radical (unpaired) electrons. The molecule has 0 fully saturated rings. The van der Waals surface area contributed by atoms with Crippen molar-refractivity contribution in [1.82, 2.24) is 4.98 Å². The topological polar surface area (TPSA) is 106 Å². The van der Waals surface area contributed by atoms with Crippen molar-refractivity contribution < 1.29 is 14.3 Å². The van der Waals surface area contributed by atoms with Crippen molar-refractivity contribution in [1.29, 1.82) is 0 Å². The van der Waals surface area contributed by atoms with E-state index < -0.39 is 11.4 Å². The number of carbonyl (C=O) groups is 1. The van der Waals surface area contributed by atoms with Gasteiger partial charge in [0.25, 0.3) is 0 Å². The van der Waals surface area contributed by atoms with E-state index in [0.29, 0.717) is 10.6 Å². The summed E-state index contributed by atoms with van der Waals surface area (Å²) in [5, 5.41) is 9.64. The number of benzene rings is 1. The maximum atomic E-state index is 12.3. The normalized spacial score (nSPS) is 10.5. The molecule has 3 N–H and O–H groups in total. The second-order valence-electron chi connectivity index (χ2n) is 4.14. The molecule has 0 unspecified atom stereocenters. The zero-order chi connectivity index (χ0) is 14.4. The van der Waals surface area contributed by atoms with Crippen LogP contribution >= 0.6 is 11.6 Å². The summed E-state index contributed by atoms with van der Waals surface area (Å²) in [5.74, 6) is -1.48. The van der Waals surface area contributed by atoms with Crippen molar-refractivity contribution >= 4 is 75.0 Å². The van der Waals surface area contributed by atoms with Gasteiger partial charge in [-0.2, -0.15) is 0 Å². The molecule has 3 aromatic rings. The minimum atomic E-state index is -1.24. The van der Waals surface area contributed by atoms with Gasteiger partial charge in [-0.25, -0.2) is 9.78 Å². The standard InChI is InChI=1S/C13H7ClN2O4.Na/c14-5-1-2-8-6(3-5)11(17)10-9(20-8)4-7(13(18)19)12(15)16-10;/h1-4H,(H2,15,16)(H,18,19);. The van der Waals surface area contributed by atoms with Gasteiger partial charge in [-0.15, -0.1) is 0 Å². The van der Waals surface area contributed by atoms with E-state index >= 15 is 0 Å². The number of rotatable bonds is 1. The van der Waals surface area contributed by atoms with Crippen LogP contribution in [0.3, 0.4) is 0 Å². The average Bonchev–Trinajstić information content (AvgIpc) is 2.40. The summed E-state index contributed by atoms with van der Waals surface area (Å²) in [5.41, 5.74) is 5.25. The Balaban J connectivity index is 0.00000161. The van der Waals surface area contributed by atoms with Gasteiger partial charge in [0.1, 0.15) is 17.0 Å². The zero-order valence-corrected chi connectivity index (χ0v) is 13.6. The van der Waals surface area contributed by atoms with Gasteiger partial charge in [-0.1, -0.05) is 11.6 Å². The average molecular weight is 314 g/mol. The van der Waals surface area contributed by atoms with Crippen LogP contribution < -0.4 is 11.2 Å². The van der Waals surface area contributed by atoms with Crippen molar-refractivity contribution in [3.05, 3.63) is 45.1 Å². The second kappa shape index (κ2) is 5.65. The summed E-state index contributed by atoms with van der Waals surface area (Å²) in [6, 6.07) is 5.76. The fraction of sp³-hybridized carbons (Fsp3) is 0. The maximum Gasteiger partial charge on any atom is 0.339 e. The Morgan fingerprint density at radius 1 is 1.29 bits per heavy atom. The van der Waals surface area contributed by atoms with Crippen molar-refractivity contribution in [2.45, 2.75) is 0 Å². The molecule has 2 aromatic heterocycles. The monoisotopic (exact) mass is 313 g/mol. The van der Waals surface area contributed by atoms with Crippen LogP contribution in [0.15, 0.2) is 33.5 Å². The molecular formula is C13H7ClN2NaO4.